The van der Waals surface area contributed by atoms with E-state index in [0.717, 1.165) is 12.1 Å². The summed E-state index contributed by atoms with van der Waals surface area (Å²) >= 11 is 0. The number of alkyl halides is 3. The molecule has 1 aromatic carbocycles. The number of nitrogens with one attached hydrogen (secondary N) is 2. The Kier molecular flexibility index (Phi) is 3.40. The van der Waals surface area contributed by atoms with Crippen molar-refractivity contribution in [2.75, 3.05) is 0 Å². The normalized spacial score (nSPS) is 21.4. The topological polar surface area (TPSA) is 78.0 Å². The van der Waals surface area contributed by atoms with Crippen LogP contribution in [-0.2, 0) is 17.4 Å². The fraction of sp³-hybridized carbons (Fsp3) is 0.286. The van der Waals surface area contributed by atoms with Crippen LogP contribution in [0.3, 0.4) is 0 Å². The molecule has 3 rings (SSSR count). The van der Waals surface area contributed by atoms with Gasteiger partial charge in [-0.15, -0.1) is 0 Å². The van der Waals surface area contributed by atoms with E-state index in [1.807, 2.05) is 0 Å². The van der Waals surface area contributed by atoms with Crippen molar-refractivity contribution in [3.8, 4) is 0 Å². The van der Waals surface area contributed by atoms with Crippen LogP contribution in [0.25, 0.3) is 0 Å². The molecule has 0 spiro atoms. The minimum absolute atomic E-state index is 0.208. The van der Waals surface area contributed by atoms with Gasteiger partial charge >= 0.3 is 12.1 Å². The number of halogens is 3. The second-order valence-corrected chi connectivity index (χ2v) is 5.08. The largest absolute Gasteiger partial charge is 0.480 e. The molecule has 2 aromatic rings. The molecule has 0 saturated heterocycles. The van der Waals surface area contributed by atoms with Crippen LogP contribution in [0, 0.1) is 0 Å². The van der Waals surface area contributed by atoms with E-state index in [0.29, 0.717) is 17.0 Å². The Morgan fingerprint density at radius 3 is 2.82 bits per heavy atom. The van der Waals surface area contributed by atoms with Gasteiger partial charge in [0.2, 0.25) is 0 Å². The average molecular weight is 311 g/mol. The minimum atomic E-state index is -4.45. The standard InChI is InChI=1S/C14H12F3N3O2/c15-14(16,17)8-3-1-2-7(4-8)11-12-9(18-6-19-12)5-10(20-11)13(21)22/h1-4,6,10-11,20H,5H2,(H,18,19)(H,21,22). The van der Waals surface area contributed by atoms with Crippen molar-refractivity contribution in [1.29, 1.82) is 0 Å². The summed E-state index contributed by atoms with van der Waals surface area (Å²) in [4.78, 5) is 18.2. The average Bonchev–Trinajstić information content (AvgIpc) is 2.93. The van der Waals surface area contributed by atoms with Crippen LogP contribution in [0.2, 0.25) is 0 Å². The maximum Gasteiger partial charge on any atom is 0.416 e. The van der Waals surface area contributed by atoms with Gasteiger partial charge in [-0.2, -0.15) is 13.2 Å². The van der Waals surface area contributed by atoms with Crippen LogP contribution in [0.5, 0.6) is 0 Å². The number of carboxylic acid groups (broad SMARTS) is 1. The molecule has 0 saturated carbocycles. The van der Waals surface area contributed by atoms with Gasteiger partial charge in [-0.3, -0.25) is 10.1 Å². The number of carbonyl (C=O) groups is 1. The van der Waals surface area contributed by atoms with Crippen LogP contribution >= 0.6 is 0 Å². The Balaban J connectivity index is 2.02. The molecule has 0 radical (unpaired) electrons. The van der Waals surface area contributed by atoms with Crippen LogP contribution in [-0.4, -0.2) is 27.1 Å². The lowest BCUT2D eigenvalue weighted by molar-refractivity contribution is -0.140. The molecule has 2 atom stereocenters. The van der Waals surface area contributed by atoms with Crippen molar-refractivity contribution in [1.82, 2.24) is 15.3 Å². The second kappa shape index (κ2) is 5.13. The quantitative estimate of drug-likeness (QED) is 0.794. The van der Waals surface area contributed by atoms with Crippen LogP contribution < -0.4 is 5.32 Å². The van der Waals surface area contributed by atoms with E-state index in [9.17, 15) is 23.1 Å². The lowest BCUT2D eigenvalue weighted by Crippen LogP contribution is -2.45. The van der Waals surface area contributed by atoms with Gasteiger partial charge in [-0.25, -0.2) is 4.98 Å². The predicted octanol–water partition coefficient (Wildman–Crippen LogP) is 2.12. The van der Waals surface area contributed by atoms with Crippen molar-refractivity contribution < 1.29 is 23.1 Å². The molecule has 0 bridgehead atoms. The number of aliphatic carboxylic acids is 1. The minimum Gasteiger partial charge on any atom is -0.480 e. The van der Waals surface area contributed by atoms with Crippen molar-refractivity contribution in [2.45, 2.75) is 24.7 Å². The van der Waals surface area contributed by atoms with Crippen molar-refractivity contribution in [3.63, 3.8) is 0 Å². The number of aromatic nitrogens is 2. The number of hydrogen-bond acceptors (Lipinski definition) is 3. The highest BCUT2D eigenvalue weighted by atomic mass is 19.4. The first-order chi connectivity index (χ1) is 10.4. The third-order valence-electron chi connectivity index (χ3n) is 3.65. The molecule has 2 heterocycles. The molecule has 1 aromatic heterocycles. The highest BCUT2D eigenvalue weighted by Gasteiger charge is 2.35. The van der Waals surface area contributed by atoms with E-state index in [1.165, 1.54) is 18.5 Å². The molecule has 0 fully saturated rings. The van der Waals surface area contributed by atoms with E-state index in [2.05, 4.69) is 15.3 Å². The van der Waals surface area contributed by atoms with Crippen LogP contribution in [0.15, 0.2) is 30.6 Å². The zero-order valence-electron chi connectivity index (χ0n) is 11.2. The zero-order chi connectivity index (χ0) is 15.9. The number of rotatable bonds is 2. The first-order valence-electron chi connectivity index (χ1n) is 6.54. The van der Waals surface area contributed by atoms with E-state index in [-0.39, 0.29) is 6.42 Å². The summed E-state index contributed by atoms with van der Waals surface area (Å²) in [6.07, 6.45) is -2.83. The highest BCUT2D eigenvalue weighted by Crippen LogP contribution is 2.33. The maximum absolute atomic E-state index is 12.8. The fourth-order valence-electron chi connectivity index (χ4n) is 2.59. The molecule has 1 aliphatic rings. The molecule has 3 N–H and O–H groups in total. The van der Waals surface area contributed by atoms with Crippen molar-refractivity contribution >= 4 is 5.97 Å². The number of H-pyrrole nitrogens is 1. The molecular formula is C14H12F3N3O2. The first kappa shape index (κ1) is 14.6. The summed E-state index contributed by atoms with van der Waals surface area (Å²) in [7, 11) is 0. The molecule has 0 aliphatic carbocycles. The third kappa shape index (κ3) is 2.57. The summed E-state index contributed by atoms with van der Waals surface area (Å²) in [6.45, 7) is 0. The Morgan fingerprint density at radius 1 is 1.36 bits per heavy atom. The van der Waals surface area contributed by atoms with Crippen LogP contribution in [0.4, 0.5) is 13.2 Å². The highest BCUT2D eigenvalue weighted by molar-refractivity contribution is 5.74. The lowest BCUT2D eigenvalue weighted by atomic mass is 9.93. The Labute approximate surface area is 123 Å². The Bertz CT molecular complexity index is 711. The number of imidazole rings is 1. The maximum atomic E-state index is 12.8. The van der Waals surface area contributed by atoms with Gasteiger partial charge in [0.1, 0.15) is 6.04 Å². The molecule has 22 heavy (non-hydrogen) atoms. The smallest absolute Gasteiger partial charge is 0.416 e. The van der Waals surface area contributed by atoms with Crippen LogP contribution in [0.1, 0.15) is 28.6 Å². The SMILES string of the molecule is O=C(O)C1Cc2[nH]cnc2C(c2cccc(C(F)(F)F)c2)N1. The number of benzene rings is 1. The van der Waals surface area contributed by atoms with Gasteiger partial charge in [-0.1, -0.05) is 12.1 Å². The Hall–Kier alpha value is -2.35. The summed E-state index contributed by atoms with van der Waals surface area (Å²) in [6, 6.07) is 3.24. The Morgan fingerprint density at radius 2 is 2.14 bits per heavy atom. The van der Waals surface area contributed by atoms with Gasteiger partial charge in [-0.05, 0) is 17.7 Å². The molecule has 5 nitrogen and oxygen atoms in total. The van der Waals surface area contributed by atoms with E-state index >= 15 is 0 Å². The molecule has 1 aliphatic heterocycles. The van der Waals surface area contributed by atoms with Crippen molar-refractivity contribution in [3.05, 3.63) is 53.1 Å². The van der Waals surface area contributed by atoms with Crippen molar-refractivity contribution in [2.24, 2.45) is 0 Å². The van der Waals surface area contributed by atoms with E-state index < -0.39 is 29.8 Å². The number of aromatic amines is 1. The fourth-order valence-corrected chi connectivity index (χ4v) is 2.59. The summed E-state index contributed by atoms with van der Waals surface area (Å²) < 4.78 is 38.5. The molecular weight excluding hydrogens is 299 g/mol. The molecule has 8 heteroatoms. The molecule has 2 unspecified atom stereocenters. The first-order valence-corrected chi connectivity index (χ1v) is 6.54. The predicted molar refractivity (Wildman–Crippen MR) is 70.1 cm³/mol. The van der Waals surface area contributed by atoms with E-state index in [4.69, 9.17) is 0 Å². The second-order valence-electron chi connectivity index (χ2n) is 5.08. The number of nitrogens with zero attached hydrogens (tertiary/aromatic N) is 1. The monoisotopic (exact) mass is 311 g/mol. The summed E-state index contributed by atoms with van der Waals surface area (Å²) in [5.74, 6) is -1.06. The number of fused-ring (bicyclic) bond motifs is 1. The van der Waals surface area contributed by atoms with Gasteiger partial charge < -0.3 is 10.1 Å². The van der Waals surface area contributed by atoms with Gasteiger partial charge in [0.25, 0.3) is 0 Å². The van der Waals surface area contributed by atoms with Gasteiger partial charge in [0.05, 0.1) is 23.6 Å². The van der Waals surface area contributed by atoms with Gasteiger partial charge in [0.15, 0.2) is 0 Å². The third-order valence-corrected chi connectivity index (χ3v) is 3.65. The zero-order valence-corrected chi connectivity index (χ0v) is 11.2. The molecule has 116 valence electrons. The summed E-state index contributed by atoms with van der Waals surface area (Å²) in [5.41, 5.74) is 0.695. The van der Waals surface area contributed by atoms with Gasteiger partial charge in [0, 0.05) is 12.1 Å². The summed E-state index contributed by atoms with van der Waals surface area (Å²) in [5, 5.41) is 12.0. The number of hydrogen-bond donors (Lipinski definition) is 3. The lowest BCUT2D eigenvalue weighted by Gasteiger charge is -2.28. The molecule has 0 amide bonds. The number of carboxylic acids is 1. The van der Waals surface area contributed by atoms with E-state index in [1.54, 1.807) is 0 Å².